The Balaban J connectivity index is 2.07. The maximum Gasteiger partial charge on any atom is 0.0404 e. The standard InChI is InChI=1S/C27H39N2P/c1-5-7-23-16-22(25(17-28)19-30)12-15-27(23)24-11-14-26(29-18-24)13-10-21(4)9-6-8-20(2)3/h11-12,14-21,28H,5-10,13,30H2,1-4H3/b25-19+,28-17?. The molecule has 0 aliphatic carbocycles. The van der Waals surface area contributed by atoms with Crippen molar-refractivity contribution >= 4 is 21.0 Å². The molecule has 2 aromatic rings. The highest BCUT2D eigenvalue weighted by Gasteiger charge is 2.09. The Morgan fingerprint density at radius 3 is 2.47 bits per heavy atom. The molecule has 1 aromatic heterocycles. The van der Waals surface area contributed by atoms with Crippen LogP contribution in [0.2, 0.25) is 0 Å². The predicted molar refractivity (Wildman–Crippen MR) is 136 cm³/mol. The van der Waals surface area contributed by atoms with E-state index in [2.05, 4.69) is 67.3 Å². The summed E-state index contributed by atoms with van der Waals surface area (Å²) in [6, 6.07) is 11.0. The maximum atomic E-state index is 7.62. The monoisotopic (exact) mass is 422 g/mol. The van der Waals surface area contributed by atoms with E-state index in [4.69, 9.17) is 10.4 Å². The maximum absolute atomic E-state index is 7.62. The molecule has 0 fully saturated rings. The van der Waals surface area contributed by atoms with Gasteiger partial charge in [-0.05, 0) is 59.4 Å². The molecular formula is C27H39N2P. The highest BCUT2D eigenvalue weighted by molar-refractivity contribution is 7.21. The SMILES string of the molecule is CCCc1cc(/C(C=N)=C/P)ccc1-c1ccc(CCC(C)CCCC(C)C)nc1. The first-order chi connectivity index (χ1) is 14.5. The van der Waals surface area contributed by atoms with Crippen molar-refractivity contribution in [1.29, 1.82) is 5.41 Å². The van der Waals surface area contributed by atoms with Crippen molar-refractivity contribution in [2.45, 2.75) is 72.6 Å². The van der Waals surface area contributed by atoms with Gasteiger partial charge in [-0.3, -0.25) is 4.98 Å². The molecule has 0 aliphatic rings. The van der Waals surface area contributed by atoms with Crippen LogP contribution in [0.25, 0.3) is 16.7 Å². The first kappa shape index (κ1) is 24.5. The Morgan fingerprint density at radius 2 is 1.87 bits per heavy atom. The van der Waals surface area contributed by atoms with Gasteiger partial charge in [-0.15, -0.1) is 9.24 Å². The van der Waals surface area contributed by atoms with Gasteiger partial charge in [-0.25, -0.2) is 0 Å². The highest BCUT2D eigenvalue weighted by atomic mass is 31.0. The number of hydrogen-bond acceptors (Lipinski definition) is 2. The lowest BCUT2D eigenvalue weighted by Crippen LogP contribution is -2.00. The molecule has 0 saturated carbocycles. The van der Waals surface area contributed by atoms with Gasteiger partial charge in [-0.1, -0.05) is 83.5 Å². The molecule has 0 saturated heterocycles. The topological polar surface area (TPSA) is 36.7 Å². The number of hydrogen-bond donors (Lipinski definition) is 1. The molecule has 3 heteroatoms. The van der Waals surface area contributed by atoms with Crippen LogP contribution in [0.1, 0.15) is 76.6 Å². The summed E-state index contributed by atoms with van der Waals surface area (Å²) >= 11 is 0. The van der Waals surface area contributed by atoms with Gasteiger partial charge >= 0.3 is 0 Å². The van der Waals surface area contributed by atoms with Crippen LogP contribution >= 0.6 is 9.24 Å². The van der Waals surface area contributed by atoms with Gasteiger partial charge in [0.2, 0.25) is 0 Å². The summed E-state index contributed by atoms with van der Waals surface area (Å²) in [7, 11) is 2.60. The second kappa shape index (κ2) is 12.8. The average molecular weight is 423 g/mol. The molecule has 1 aromatic carbocycles. The first-order valence-electron chi connectivity index (χ1n) is 11.5. The minimum absolute atomic E-state index is 0.766. The van der Waals surface area contributed by atoms with E-state index in [1.807, 2.05) is 12.0 Å². The zero-order valence-corrected chi connectivity index (χ0v) is 20.4. The number of nitrogens with one attached hydrogen (secondary N) is 1. The van der Waals surface area contributed by atoms with Crippen molar-refractivity contribution in [1.82, 2.24) is 4.98 Å². The molecule has 30 heavy (non-hydrogen) atoms. The molecule has 2 unspecified atom stereocenters. The molecule has 162 valence electrons. The van der Waals surface area contributed by atoms with Crippen LogP contribution in [-0.2, 0) is 12.8 Å². The van der Waals surface area contributed by atoms with E-state index in [0.29, 0.717) is 0 Å². The summed E-state index contributed by atoms with van der Waals surface area (Å²) < 4.78 is 0. The summed E-state index contributed by atoms with van der Waals surface area (Å²) in [5.74, 6) is 3.49. The molecule has 0 bridgehead atoms. The zero-order valence-electron chi connectivity index (χ0n) is 19.2. The second-order valence-electron chi connectivity index (χ2n) is 8.90. The minimum Gasteiger partial charge on any atom is -0.308 e. The van der Waals surface area contributed by atoms with E-state index in [1.54, 1.807) is 0 Å². The number of nitrogens with zero attached hydrogens (tertiary/aromatic N) is 1. The Kier molecular flexibility index (Phi) is 10.4. The molecule has 0 aliphatic heterocycles. The number of benzene rings is 1. The van der Waals surface area contributed by atoms with E-state index in [9.17, 15) is 0 Å². The molecule has 2 rings (SSSR count). The summed E-state index contributed by atoms with van der Waals surface area (Å²) in [5.41, 5.74) is 7.00. The van der Waals surface area contributed by atoms with Crippen molar-refractivity contribution < 1.29 is 0 Å². The first-order valence-corrected chi connectivity index (χ1v) is 12.2. The van der Waals surface area contributed by atoms with Gasteiger partial charge in [-0.2, -0.15) is 0 Å². The van der Waals surface area contributed by atoms with Crippen LogP contribution in [0.3, 0.4) is 0 Å². The third kappa shape index (κ3) is 7.47. The Bertz CT molecular complexity index is 821. The Labute approximate surface area is 186 Å². The third-order valence-electron chi connectivity index (χ3n) is 5.80. The molecule has 1 N–H and O–H groups in total. The lowest BCUT2D eigenvalue weighted by atomic mass is 9.93. The van der Waals surface area contributed by atoms with E-state index >= 15 is 0 Å². The molecule has 0 radical (unpaired) electrons. The van der Waals surface area contributed by atoms with Crippen molar-refractivity contribution in [2.24, 2.45) is 11.8 Å². The minimum atomic E-state index is 0.766. The summed E-state index contributed by atoms with van der Waals surface area (Å²) in [6.07, 6.45) is 11.9. The predicted octanol–water partition coefficient (Wildman–Crippen LogP) is 7.96. The normalized spacial score (nSPS) is 12.9. The number of aromatic nitrogens is 1. The van der Waals surface area contributed by atoms with Crippen molar-refractivity contribution in [2.75, 3.05) is 0 Å². The van der Waals surface area contributed by atoms with Crippen molar-refractivity contribution in [3.63, 3.8) is 0 Å². The van der Waals surface area contributed by atoms with Gasteiger partial charge in [0.05, 0.1) is 0 Å². The van der Waals surface area contributed by atoms with Crippen LogP contribution in [-0.4, -0.2) is 11.2 Å². The van der Waals surface area contributed by atoms with Crippen LogP contribution in [0, 0.1) is 17.2 Å². The lowest BCUT2D eigenvalue weighted by Gasteiger charge is -2.14. The Morgan fingerprint density at radius 1 is 1.07 bits per heavy atom. The Hall–Kier alpha value is -1.79. The van der Waals surface area contributed by atoms with Gasteiger partial charge in [0, 0.05) is 23.7 Å². The molecular weight excluding hydrogens is 383 g/mol. The molecule has 1 heterocycles. The van der Waals surface area contributed by atoms with Crippen LogP contribution < -0.4 is 0 Å². The van der Waals surface area contributed by atoms with Crippen LogP contribution in [0.15, 0.2) is 42.3 Å². The number of allylic oxidation sites excluding steroid dienone is 1. The third-order valence-corrected chi connectivity index (χ3v) is 6.16. The fraction of sp³-hybridized carbons (Fsp3) is 0.481. The molecule has 0 spiro atoms. The van der Waals surface area contributed by atoms with E-state index in [0.717, 1.165) is 42.2 Å². The summed E-state index contributed by atoms with van der Waals surface area (Å²) in [4.78, 5) is 4.78. The number of rotatable bonds is 12. The zero-order chi connectivity index (χ0) is 21.9. The number of pyridine rings is 1. The summed E-state index contributed by atoms with van der Waals surface area (Å²) in [6.45, 7) is 9.20. The van der Waals surface area contributed by atoms with Crippen molar-refractivity contribution in [3.05, 3.63) is 59.2 Å². The van der Waals surface area contributed by atoms with Crippen LogP contribution in [0.4, 0.5) is 0 Å². The fourth-order valence-electron chi connectivity index (χ4n) is 3.90. The fourth-order valence-corrected chi connectivity index (χ4v) is 4.19. The summed E-state index contributed by atoms with van der Waals surface area (Å²) in [5, 5.41) is 7.62. The van der Waals surface area contributed by atoms with E-state index in [1.165, 1.54) is 54.3 Å². The highest BCUT2D eigenvalue weighted by Crippen LogP contribution is 2.28. The second-order valence-corrected chi connectivity index (χ2v) is 9.23. The van der Waals surface area contributed by atoms with Crippen molar-refractivity contribution in [3.8, 4) is 11.1 Å². The largest absolute Gasteiger partial charge is 0.308 e. The molecule has 2 atom stereocenters. The van der Waals surface area contributed by atoms with E-state index < -0.39 is 0 Å². The molecule has 0 amide bonds. The van der Waals surface area contributed by atoms with Gasteiger partial charge in [0.1, 0.15) is 0 Å². The quantitative estimate of drug-likeness (QED) is 0.273. The average Bonchev–Trinajstić information content (AvgIpc) is 2.74. The van der Waals surface area contributed by atoms with Gasteiger partial charge in [0.25, 0.3) is 0 Å². The number of aryl methyl sites for hydroxylation is 2. The van der Waals surface area contributed by atoms with Gasteiger partial charge in [0.15, 0.2) is 0 Å². The molecule has 2 nitrogen and oxygen atoms in total. The van der Waals surface area contributed by atoms with Crippen LogP contribution in [0.5, 0.6) is 0 Å². The smallest absolute Gasteiger partial charge is 0.0404 e. The lowest BCUT2D eigenvalue weighted by molar-refractivity contribution is 0.435. The van der Waals surface area contributed by atoms with Gasteiger partial charge < -0.3 is 5.41 Å². The van der Waals surface area contributed by atoms with E-state index in [-0.39, 0.29) is 0 Å².